The predicted octanol–water partition coefficient (Wildman–Crippen LogP) is -0.402. The molecule has 0 saturated carbocycles. The molecule has 2 unspecified atom stereocenters. The average molecular weight is 192 g/mol. The Hall–Kier alpha value is -0.393. The monoisotopic (exact) mass is 192 g/mol. The van der Waals surface area contributed by atoms with E-state index in [4.69, 9.17) is 13.9 Å². The minimum atomic E-state index is -0.287. The molecule has 0 heterocycles. The summed E-state index contributed by atoms with van der Waals surface area (Å²) in [5, 5.41) is 0. The molecule has 0 fully saturated rings. The highest BCUT2D eigenvalue weighted by molar-refractivity contribution is 5.98. The van der Waals surface area contributed by atoms with Gasteiger partial charge in [-0.15, -0.1) is 0 Å². The zero-order valence-electron chi connectivity index (χ0n) is 7.99. The molecular weight excluding hydrogens is 176 g/mol. The molecule has 0 aromatic heterocycles. The summed E-state index contributed by atoms with van der Waals surface area (Å²) in [5.74, 6) is -0.287. The molecule has 0 bridgehead atoms. The largest absolute Gasteiger partial charge is 0.460 e. The van der Waals surface area contributed by atoms with Gasteiger partial charge in [-0.2, -0.15) is 0 Å². The summed E-state index contributed by atoms with van der Waals surface area (Å²) < 4.78 is 15.0. The fourth-order valence-electron chi connectivity index (χ4n) is 0.656. The molecule has 0 amide bonds. The highest BCUT2D eigenvalue weighted by atomic mass is 28.2. The van der Waals surface area contributed by atoms with E-state index in [0.717, 1.165) is 0 Å². The fourth-order valence-corrected chi connectivity index (χ4v) is 0.792. The smallest absolute Gasteiger partial charge is 0.302 e. The first kappa shape index (κ1) is 11.6. The van der Waals surface area contributed by atoms with Crippen molar-refractivity contribution in [2.24, 2.45) is 0 Å². The number of hydrogen-bond donors (Lipinski definition) is 0. The van der Waals surface area contributed by atoms with Crippen LogP contribution in [0, 0.1) is 0 Å². The lowest BCUT2D eigenvalue weighted by atomic mass is 10.4. The maximum Gasteiger partial charge on any atom is 0.302 e. The van der Waals surface area contributed by atoms with Crippen LogP contribution in [0.3, 0.4) is 0 Å². The van der Waals surface area contributed by atoms with Crippen LogP contribution in [0.25, 0.3) is 0 Å². The number of hydrogen-bond acceptors (Lipinski definition) is 4. The topological polar surface area (TPSA) is 44.8 Å². The van der Waals surface area contributed by atoms with E-state index >= 15 is 0 Å². The van der Waals surface area contributed by atoms with Crippen molar-refractivity contribution >= 4 is 16.5 Å². The van der Waals surface area contributed by atoms with Crippen LogP contribution in [-0.2, 0) is 18.7 Å². The van der Waals surface area contributed by atoms with Crippen LogP contribution in [0.15, 0.2) is 0 Å². The third-order valence-corrected chi connectivity index (χ3v) is 1.93. The third kappa shape index (κ3) is 6.33. The zero-order chi connectivity index (χ0) is 9.56. The Morgan fingerprint density at radius 1 is 1.50 bits per heavy atom. The minimum absolute atomic E-state index is 0.199. The molecule has 0 aliphatic rings. The van der Waals surface area contributed by atoms with Gasteiger partial charge >= 0.3 is 5.97 Å². The maximum atomic E-state index is 10.5. The lowest BCUT2D eigenvalue weighted by Crippen LogP contribution is -2.23. The molecule has 5 heteroatoms. The molecule has 2 atom stereocenters. The van der Waals surface area contributed by atoms with E-state index in [2.05, 4.69) is 0 Å². The van der Waals surface area contributed by atoms with Gasteiger partial charge in [0.15, 0.2) is 0 Å². The number of esters is 1. The van der Waals surface area contributed by atoms with Crippen molar-refractivity contribution in [2.75, 3.05) is 6.61 Å². The van der Waals surface area contributed by atoms with E-state index in [1.165, 1.54) is 6.92 Å². The van der Waals surface area contributed by atoms with Crippen LogP contribution in [0.5, 0.6) is 0 Å². The highest BCUT2D eigenvalue weighted by Crippen LogP contribution is 1.96. The molecule has 0 radical (unpaired) electrons. The van der Waals surface area contributed by atoms with E-state index in [1.807, 2.05) is 6.92 Å². The molecule has 0 saturated heterocycles. The van der Waals surface area contributed by atoms with Gasteiger partial charge in [-0.1, -0.05) is 0 Å². The standard InChI is InChI=1S/C7H16O4Si/c1-5(10-6(2)8)4-9-7(3)11-12/h5,7H,4H2,1-3,12H3. The van der Waals surface area contributed by atoms with E-state index in [1.54, 1.807) is 6.92 Å². The van der Waals surface area contributed by atoms with E-state index in [-0.39, 0.29) is 18.4 Å². The summed E-state index contributed by atoms with van der Waals surface area (Å²) in [6.07, 6.45) is -0.406. The van der Waals surface area contributed by atoms with Gasteiger partial charge in [0.2, 0.25) is 0 Å². The molecule has 72 valence electrons. The number of carbonyl (C=O) groups is 1. The first-order valence-electron chi connectivity index (χ1n) is 3.88. The van der Waals surface area contributed by atoms with E-state index < -0.39 is 0 Å². The lowest BCUT2D eigenvalue weighted by Gasteiger charge is -2.15. The number of rotatable bonds is 5. The molecule has 0 aliphatic heterocycles. The normalized spacial score (nSPS) is 15.6. The zero-order valence-corrected chi connectivity index (χ0v) is 9.99. The predicted molar refractivity (Wildman–Crippen MR) is 47.7 cm³/mol. The first-order chi connectivity index (χ1) is 5.56. The number of ether oxygens (including phenoxy) is 2. The van der Waals surface area contributed by atoms with E-state index in [9.17, 15) is 4.79 Å². The van der Waals surface area contributed by atoms with Crippen LogP contribution in [0.2, 0.25) is 0 Å². The summed E-state index contributed by atoms with van der Waals surface area (Å²) in [4.78, 5) is 10.5. The molecule has 4 nitrogen and oxygen atoms in total. The maximum absolute atomic E-state index is 10.5. The van der Waals surface area contributed by atoms with Crippen molar-refractivity contribution in [1.82, 2.24) is 0 Å². The van der Waals surface area contributed by atoms with Crippen molar-refractivity contribution in [3.05, 3.63) is 0 Å². The van der Waals surface area contributed by atoms with E-state index in [0.29, 0.717) is 17.1 Å². The Kier molecular flexibility index (Phi) is 5.96. The van der Waals surface area contributed by atoms with Gasteiger partial charge in [0.25, 0.3) is 0 Å². The Bertz CT molecular complexity index is 139. The summed E-state index contributed by atoms with van der Waals surface area (Å²) in [7, 11) is 0.648. The summed E-state index contributed by atoms with van der Waals surface area (Å²) in [6, 6.07) is 0. The SMILES string of the molecule is CC(=O)OC(C)COC(C)O[SiH3]. The van der Waals surface area contributed by atoms with Crippen LogP contribution in [0.1, 0.15) is 20.8 Å². The Balaban J connectivity index is 3.43. The molecular formula is C7H16O4Si. The van der Waals surface area contributed by atoms with Gasteiger partial charge < -0.3 is 13.9 Å². The van der Waals surface area contributed by atoms with Crippen LogP contribution in [-0.4, -0.2) is 35.5 Å². The molecule has 12 heavy (non-hydrogen) atoms. The van der Waals surface area contributed by atoms with Gasteiger partial charge in [-0.25, -0.2) is 0 Å². The molecule has 0 spiro atoms. The second-order valence-electron chi connectivity index (χ2n) is 2.56. The molecule has 0 N–H and O–H groups in total. The van der Waals surface area contributed by atoms with Crippen molar-refractivity contribution in [3.8, 4) is 0 Å². The Morgan fingerprint density at radius 2 is 2.08 bits per heavy atom. The van der Waals surface area contributed by atoms with Gasteiger partial charge in [0, 0.05) is 6.92 Å². The van der Waals surface area contributed by atoms with Crippen LogP contribution >= 0.6 is 0 Å². The second-order valence-corrected chi connectivity index (χ2v) is 3.03. The van der Waals surface area contributed by atoms with Gasteiger partial charge in [0.05, 0.1) is 6.61 Å². The molecule has 0 aliphatic carbocycles. The van der Waals surface area contributed by atoms with Gasteiger partial charge in [-0.05, 0) is 13.8 Å². The molecule has 0 aromatic rings. The summed E-state index contributed by atoms with van der Waals surface area (Å²) >= 11 is 0. The van der Waals surface area contributed by atoms with Crippen molar-refractivity contribution in [2.45, 2.75) is 33.2 Å². The lowest BCUT2D eigenvalue weighted by molar-refractivity contribution is -0.153. The second kappa shape index (κ2) is 6.16. The summed E-state index contributed by atoms with van der Waals surface area (Å²) in [6.45, 7) is 5.35. The van der Waals surface area contributed by atoms with Crippen LogP contribution in [0.4, 0.5) is 0 Å². The Morgan fingerprint density at radius 3 is 2.50 bits per heavy atom. The fraction of sp³-hybridized carbons (Fsp3) is 0.857. The average Bonchev–Trinajstić information content (AvgIpc) is 1.99. The number of carbonyl (C=O) groups excluding carboxylic acids is 1. The third-order valence-electron chi connectivity index (χ3n) is 1.26. The summed E-state index contributed by atoms with van der Waals surface area (Å²) in [5.41, 5.74) is 0. The van der Waals surface area contributed by atoms with Crippen molar-refractivity contribution in [1.29, 1.82) is 0 Å². The minimum Gasteiger partial charge on any atom is -0.460 e. The molecule has 0 rings (SSSR count). The van der Waals surface area contributed by atoms with Gasteiger partial charge in [0.1, 0.15) is 22.9 Å². The van der Waals surface area contributed by atoms with Crippen molar-refractivity contribution in [3.63, 3.8) is 0 Å². The quantitative estimate of drug-likeness (QED) is 0.338. The first-order valence-corrected chi connectivity index (χ1v) is 4.69. The van der Waals surface area contributed by atoms with Crippen molar-refractivity contribution < 1.29 is 18.7 Å². The van der Waals surface area contributed by atoms with Crippen LogP contribution < -0.4 is 0 Å². The highest BCUT2D eigenvalue weighted by Gasteiger charge is 2.07. The Labute approximate surface area is 75.7 Å². The van der Waals surface area contributed by atoms with Gasteiger partial charge in [-0.3, -0.25) is 4.79 Å². The molecule has 0 aromatic carbocycles.